The van der Waals surface area contributed by atoms with Gasteiger partial charge in [-0.1, -0.05) is 0 Å². The van der Waals surface area contributed by atoms with Gasteiger partial charge in [0.05, 0.1) is 31.1 Å². The molecule has 0 aliphatic carbocycles. The fourth-order valence-electron chi connectivity index (χ4n) is 2.14. The Kier molecular flexibility index (Phi) is 3.97. The minimum absolute atomic E-state index is 0.158. The molecular formula is C14H15N5O4S. The maximum absolute atomic E-state index is 11.6. The molecule has 0 radical (unpaired) electrons. The summed E-state index contributed by atoms with van der Waals surface area (Å²) in [7, 11) is -0.387. The van der Waals surface area contributed by atoms with Gasteiger partial charge in [0.2, 0.25) is 11.8 Å². The lowest BCUT2D eigenvalue weighted by Crippen LogP contribution is -2.03. The van der Waals surface area contributed by atoms with E-state index in [9.17, 15) is 8.42 Å². The molecule has 0 atom stereocenters. The number of imidazole rings is 1. The van der Waals surface area contributed by atoms with Crippen LogP contribution in [0.5, 0.6) is 11.6 Å². The van der Waals surface area contributed by atoms with E-state index in [0.29, 0.717) is 28.5 Å². The van der Waals surface area contributed by atoms with Crippen molar-refractivity contribution < 1.29 is 17.9 Å². The molecule has 0 aliphatic rings. The average molecular weight is 349 g/mol. The van der Waals surface area contributed by atoms with Crippen molar-refractivity contribution in [2.75, 3.05) is 25.8 Å². The summed E-state index contributed by atoms with van der Waals surface area (Å²) in [5.74, 6) is 0.936. The standard InChI is InChI=1S/C14H15N5O4S/c1-22-10-6-8(24(3,20)21)4-5-9(10)17-14-18-12-11(15-7-16-12)13(19-14)23-2/h4-7H,1-3H3,(H2,15,16,17,18,19). The van der Waals surface area contributed by atoms with E-state index in [4.69, 9.17) is 9.47 Å². The SMILES string of the molecule is COc1cc(S(C)(=O)=O)ccc1Nc1nc(OC)c2[nH]cnc2n1. The second kappa shape index (κ2) is 5.96. The summed E-state index contributed by atoms with van der Waals surface area (Å²) in [5.41, 5.74) is 1.54. The predicted octanol–water partition coefficient (Wildman–Crippen LogP) is 1.52. The summed E-state index contributed by atoms with van der Waals surface area (Å²) < 4.78 is 33.7. The summed E-state index contributed by atoms with van der Waals surface area (Å²) in [6, 6.07) is 4.49. The summed E-state index contributed by atoms with van der Waals surface area (Å²) >= 11 is 0. The number of aromatic amines is 1. The minimum atomic E-state index is -3.33. The third-order valence-corrected chi connectivity index (χ3v) is 4.40. The molecular weight excluding hydrogens is 334 g/mol. The molecule has 0 saturated carbocycles. The molecule has 3 aromatic rings. The van der Waals surface area contributed by atoms with Crippen LogP contribution < -0.4 is 14.8 Å². The Balaban J connectivity index is 2.02. The normalized spacial score (nSPS) is 11.5. The van der Waals surface area contributed by atoms with Gasteiger partial charge in [-0.2, -0.15) is 9.97 Å². The number of anilines is 2. The third kappa shape index (κ3) is 2.95. The van der Waals surface area contributed by atoms with Gasteiger partial charge in [0.15, 0.2) is 15.5 Å². The van der Waals surface area contributed by atoms with Gasteiger partial charge in [-0.05, 0) is 12.1 Å². The number of ether oxygens (including phenoxy) is 2. The van der Waals surface area contributed by atoms with Crippen LogP contribution in [0.1, 0.15) is 0 Å². The van der Waals surface area contributed by atoms with Crippen molar-refractivity contribution in [2.24, 2.45) is 0 Å². The number of rotatable bonds is 5. The number of benzene rings is 1. The quantitative estimate of drug-likeness (QED) is 0.711. The number of sulfone groups is 1. The van der Waals surface area contributed by atoms with Crippen LogP contribution in [0.4, 0.5) is 11.6 Å². The zero-order chi connectivity index (χ0) is 17.3. The highest BCUT2D eigenvalue weighted by Gasteiger charge is 2.14. The number of hydrogen-bond acceptors (Lipinski definition) is 8. The van der Waals surface area contributed by atoms with Gasteiger partial charge in [0, 0.05) is 12.3 Å². The molecule has 0 amide bonds. The first-order chi connectivity index (χ1) is 11.4. The van der Waals surface area contributed by atoms with E-state index in [1.807, 2.05) is 0 Å². The molecule has 2 N–H and O–H groups in total. The highest BCUT2D eigenvalue weighted by Crippen LogP contribution is 2.30. The van der Waals surface area contributed by atoms with Crippen LogP contribution in [0.3, 0.4) is 0 Å². The number of aromatic nitrogens is 4. The van der Waals surface area contributed by atoms with Crippen molar-refractivity contribution in [3.63, 3.8) is 0 Å². The molecule has 9 nitrogen and oxygen atoms in total. The molecule has 2 aromatic heterocycles. The summed E-state index contributed by atoms with van der Waals surface area (Å²) in [5, 5.41) is 2.98. The minimum Gasteiger partial charge on any atom is -0.495 e. The predicted molar refractivity (Wildman–Crippen MR) is 87.6 cm³/mol. The lowest BCUT2D eigenvalue weighted by atomic mass is 10.3. The molecule has 126 valence electrons. The first-order valence-corrected chi connectivity index (χ1v) is 8.71. The van der Waals surface area contributed by atoms with E-state index in [0.717, 1.165) is 6.26 Å². The highest BCUT2D eigenvalue weighted by molar-refractivity contribution is 7.90. The van der Waals surface area contributed by atoms with Gasteiger partial charge >= 0.3 is 0 Å². The number of hydrogen-bond donors (Lipinski definition) is 2. The van der Waals surface area contributed by atoms with Gasteiger partial charge < -0.3 is 19.8 Å². The highest BCUT2D eigenvalue weighted by atomic mass is 32.2. The number of methoxy groups -OCH3 is 2. The van der Waals surface area contributed by atoms with Gasteiger partial charge in [0.1, 0.15) is 11.3 Å². The van der Waals surface area contributed by atoms with E-state index in [1.54, 1.807) is 6.07 Å². The van der Waals surface area contributed by atoms with Crippen molar-refractivity contribution in [2.45, 2.75) is 4.90 Å². The second-order valence-corrected chi connectivity index (χ2v) is 6.93. The molecule has 0 aliphatic heterocycles. The molecule has 0 unspecified atom stereocenters. The summed E-state index contributed by atoms with van der Waals surface area (Å²) in [6.07, 6.45) is 2.63. The molecule has 0 saturated heterocycles. The lowest BCUT2D eigenvalue weighted by molar-refractivity contribution is 0.402. The number of fused-ring (bicyclic) bond motifs is 1. The summed E-state index contributed by atoms with van der Waals surface area (Å²) in [4.78, 5) is 15.6. The lowest BCUT2D eigenvalue weighted by Gasteiger charge is -2.12. The molecule has 0 spiro atoms. The Morgan fingerprint density at radius 2 is 1.96 bits per heavy atom. The smallest absolute Gasteiger partial charge is 0.244 e. The van der Waals surface area contributed by atoms with Crippen molar-refractivity contribution in [3.05, 3.63) is 24.5 Å². The Morgan fingerprint density at radius 3 is 2.62 bits per heavy atom. The Hall–Kier alpha value is -2.88. The molecule has 2 heterocycles. The maximum Gasteiger partial charge on any atom is 0.244 e. The van der Waals surface area contributed by atoms with Crippen LogP contribution >= 0.6 is 0 Å². The van der Waals surface area contributed by atoms with Gasteiger partial charge in [-0.25, -0.2) is 13.4 Å². The fraction of sp³-hybridized carbons (Fsp3) is 0.214. The van der Waals surface area contributed by atoms with Crippen LogP contribution in [-0.4, -0.2) is 48.8 Å². The monoisotopic (exact) mass is 349 g/mol. The molecule has 24 heavy (non-hydrogen) atoms. The van der Waals surface area contributed by atoms with Crippen LogP contribution in [-0.2, 0) is 9.84 Å². The van der Waals surface area contributed by atoms with E-state index >= 15 is 0 Å². The average Bonchev–Trinajstić information content (AvgIpc) is 3.01. The van der Waals surface area contributed by atoms with Crippen molar-refractivity contribution in [1.29, 1.82) is 0 Å². The zero-order valence-electron chi connectivity index (χ0n) is 13.2. The Bertz CT molecular complexity index is 1000. The van der Waals surface area contributed by atoms with E-state index < -0.39 is 9.84 Å². The second-order valence-electron chi connectivity index (χ2n) is 4.92. The van der Waals surface area contributed by atoms with E-state index in [2.05, 4.69) is 25.3 Å². The van der Waals surface area contributed by atoms with Crippen LogP contribution in [0, 0.1) is 0 Å². The van der Waals surface area contributed by atoms with Gasteiger partial charge in [-0.15, -0.1) is 0 Å². The third-order valence-electron chi connectivity index (χ3n) is 3.29. The van der Waals surface area contributed by atoms with Crippen LogP contribution in [0.25, 0.3) is 11.2 Å². The number of nitrogens with zero attached hydrogens (tertiary/aromatic N) is 3. The van der Waals surface area contributed by atoms with E-state index in [-0.39, 0.29) is 10.8 Å². The van der Waals surface area contributed by atoms with Crippen molar-refractivity contribution in [1.82, 2.24) is 19.9 Å². The number of nitrogens with one attached hydrogen (secondary N) is 2. The van der Waals surface area contributed by atoms with Gasteiger partial charge in [-0.3, -0.25) is 0 Å². The van der Waals surface area contributed by atoms with Crippen LogP contribution in [0.15, 0.2) is 29.4 Å². The zero-order valence-corrected chi connectivity index (χ0v) is 14.0. The van der Waals surface area contributed by atoms with Crippen molar-refractivity contribution in [3.8, 4) is 11.6 Å². The first kappa shape index (κ1) is 16.0. The molecule has 3 rings (SSSR count). The first-order valence-electron chi connectivity index (χ1n) is 6.82. The van der Waals surface area contributed by atoms with Crippen LogP contribution in [0.2, 0.25) is 0 Å². The summed E-state index contributed by atoms with van der Waals surface area (Å²) in [6.45, 7) is 0. The fourth-order valence-corrected chi connectivity index (χ4v) is 2.77. The molecule has 1 aromatic carbocycles. The van der Waals surface area contributed by atoms with Crippen molar-refractivity contribution >= 4 is 32.6 Å². The topological polar surface area (TPSA) is 119 Å². The molecule has 10 heteroatoms. The molecule has 0 bridgehead atoms. The molecule has 0 fully saturated rings. The largest absolute Gasteiger partial charge is 0.495 e. The maximum atomic E-state index is 11.6. The van der Waals surface area contributed by atoms with E-state index in [1.165, 1.54) is 32.7 Å². The van der Waals surface area contributed by atoms with Gasteiger partial charge in [0.25, 0.3) is 0 Å². The Morgan fingerprint density at radius 1 is 1.17 bits per heavy atom. The Labute approximate surface area is 138 Å². The number of H-pyrrole nitrogens is 1.